The molecule has 0 spiro atoms. The third-order valence-corrected chi connectivity index (χ3v) is 1.82. The molecular weight excluding hydrogens is 150 g/mol. The lowest BCUT2D eigenvalue weighted by atomic mass is 10.0. The summed E-state index contributed by atoms with van der Waals surface area (Å²) in [6.07, 6.45) is 2.07. The average molecular weight is 169 g/mol. The number of allylic oxidation sites excluding steroid dienone is 1. The van der Waals surface area contributed by atoms with E-state index in [0.29, 0.717) is 25.3 Å². The number of Topliss-reactive ketones (excluding diaryl/α,β-unsaturated/α-hetero) is 1. The van der Waals surface area contributed by atoms with E-state index in [2.05, 4.69) is 13.5 Å². The first-order chi connectivity index (χ1) is 5.56. The Bertz CT molecular complexity index is 163. The molecule has 0 aliphatic heterocycles. The first-order valence-corrected chi connectivity index (χ1v) is 4.42. The minimum Gasteiger partial charge on any atom is -0.330 e. The van der Waals surface area contributed by atoms with Crippen molar-refractivity contribution in [1.82, 2.24) is 0 Å². The molecule has 12 heavy (non-hydrogen) atoms. The maximum absolute atomic E-state index is 11.2. The van der Waals surface area contributed by atoms with E-state index in [4.69, 9.17) is 5.73 Å². The fraction of sp³-hybridized carbons (Fsp3) is 0.700. The monoisotopic (exact) mass is 169 g/mol. The molecule has 0 aromatic heterocycles. The van der Waals surface area contributed by atoms with Crippen molar-refractivity contribution in [3.63, 3.8) is 0 Å². The Balaban J connectivity index is 3.50. The van der Waals surface area contributed by atoms with Crippen LogP contribution < -0.4 is 5.73 Å². The van der Waals surface area contributed by atoms with Crippen LogP contribution in [0.5, 0.6) is 0 Å². The van der Waals surface area contributed by atoms with Crippen molar-refractivity contribution in [2.75, 3.05) is 6.54 Å². The molecule has 70 valence electrons. The molecule has 0 aromatic rings. The van der Waals surface area contributed by atoms with E-state index < -0.39 is 0 Å². The van der Waals surface area contributed by atoms with E-state index in [9.17, 15) is 4.79 Å². The molecule has 0 saturated carbocycles. The summed E-state index contributed by atoms with van der Waals surface area (Å²) < 4.78 is 0. The maximum Gasteiger partial charge on any atom is 0.136 e. The Hall–Kier alpha value is -0.630. The van der Waals surface area contributed by atoms with Gasteiger partial charge in [-0.2, -0.15) is 0 Å². The lowest BCUT2D eigenvalue weighted by molar-refractivity contribution is -0.118. The number of hydrogen-bond donors (Lipinski definition) is 1. The first kappa shape index (κ1) is 11.4. The Morgan fingerprint density at radius 1 is 1.58 bits per heavy atom. The third-order valence-electron chi connectivity index (χ3n) is 1.82. The molecule has 0 aromatic carbocycles. The van der Waals surface area contributed by atoms with Crippen molar-refractivity contribution >= 4 is 5.78 Å². The molecule has 0 radical (unpaired) electrons. The quantitative estimate of drug-likeness (QED) is 0.617. The number of carbonyl (C=O) groups excluding carboxylic acids is 1. The average Bonchev–Trinajstić information content (AvgIpc) is 1.99. The summed E-state index contributed by atoms with van der Waals surface area (Å²) in [4.78, 5) is 11.2. The van der Waals surface area contributed by atoms with Gasteiger partial charge in [0.05, 0.1) is 0 Å². The van der Waals surface area contributed by atoms with E-state index >= 15 is 0 Å². The molecule has 0 saturated heterocycles. The van der Waals surface area contributed by atoms with Crippen molar-refractivity contribution < 1.29 is 4.79 Å². The largest absolute Gasteiger partial charge is 0.330 e. The molecule has 2 N–H and O–H groups in total. The molecule has 1 unspecified atom stereocenters. The van der Waals surface area contributed by atoms with Gasteiger partial charge >= 0.3 is 0 Å². The highest BCUT2D eigenvalue weighted by Crippen LogP contribution is 2.07. The molecule has 0 aliphatic rings. The van der Waals surface area contributed by atoms with Gasteiger partial charge in [0.15, 0.2) is 0 Å². The zero-order valence-electron chi connectivity index (χ0n) is 8.10. The van der Waals surface area contributed by atoms with E-state index in [1.807, 2.05) is 6.92 Å². The summed E-state index contributed by atoms with van der Waals surface area (Å²) in [5.41, 5.74) is 6.38. The predicted molar refractivity (Wildman–Crippen MR) is 51.9 cm³/mol. The van der Waals surface area contributed by atoms with E-state index in [1.54, 1.807) is 0 Å². The Labute approximate surface area is 74.8 Å². The summed E-state index contributed by atoms with van der Waals surface area (Å²) in [5.74, 6) is 0.738. The first-order valence-electron chi connectivity index (χ1n) is 4.42. The van der Waals surface area contributed by atoms with Gasteiger partial charge in [-0.1, -0.05) is 19.1 Å². The number of nitrogens with two attached hydrogens (primary N) is 1. The molecule has 0 aliphatic carbocycles. The van der Waals surface area contributed by atoms with Crippen molar-refractivity contribution in [3.05, 3.63) is 12.2 Å². The highest BCUT2D eigenvalue weighted by molar-refractivity contribution is 5.80. The molecule has 0 amide bonds. The number of rotatable bonds is 6. The molecule has 0 heterocycles. The standard InChI is InChI=1S/C10H19NO/c1-8(2)6-10(12)5-4-9(3)7-11/h9H,1,4-7,11H2,2-3H3. The van der Waals surface area contributed by atoms with Gasteiger partial charge in [-0.25, -0.2) is 0 Å². The number of hydrogen-bond acceptors (Lipinski definition) is 2. The maximum atomic E-state index is 11.2. The van der Waals surface area contributed by atoms with Crippen LogP contribution >= 0.6 is 0 Å². The normalized spacial score (nSPS) is 12.6. The zero-order chi connectivity index (χ0) is 9.56. The zero-order valence-corrected chi connectivity index (χ0v) is 8.10. The lowest BCUT2D eigenvalue weighted by Gasteiger charge is -2.06. The second kappa shape index (κ2) is 5.95. The summed E-state index contributed by atoms with van der Waals surface area (Å²) in [6, 6.07) is 0. The van der Waals surface area contributed by atoms with Crippen LogP contribution in [0, 0.1) is 5.92 Å². The van der Waals surface area contributed by atoms with Crippen LogP contribution in [0.25, 0.3) is 0 Å². The van der Waals surface area contributed by atoms with Gasteiger partial charge in [0, 0.05) is 12.8 Å². The van der Waals surface area contributed by atoms with Gasteiger partial charge in [0.25, 0.3) is 0 Å². The summed E-state index contributed by atoms with van der Waals surface area (Å²) >= 11 is 0. The van der Waals surface area contributed by atoms with Gasteiger partial charge in [-0.05, 0) is 25.8 Å². The fourth-order valence-electron chi connectivity index (χ4n) is 0.950. The van der Waals surface area contributed by atoms with E-state index in [-0.39, 0.29) is 5.78 Å². The molecule has 2 heteroatoms. The van der Waals surface area contributed by atoms with Crippen LogP contribution in [0.2, 0.25) is 0 Å². The second-order valence-corrected chi connectivity index (χ2v) is 3.55. The van der Waals surface area contributed by atoms with Crippen molar-refractivity contribution in [3.8, 4) is 0 Å². The van der Waals surface area contributed by atoms with Crippen molar-refractivity contribution in [2.45, 2.75) is 33.1 Å². The van der Waals surface area contributed by atoms with Crippen LogP contribution in [0.1, 0.15) is 33.1 Å². The minimum absolute atomic E-state index is 0.280. The van der Waals surface area contributed by atoms with Crippen LogP contribution in [0.3, 0.4) is 0 Å². The number of carbonyl (C=O) groups is 1. The van der Waals surface area contributed by atoms with Gasteiger partial charge < -0.3 is 5.73 Å². The molecule has 0 rings (SSSR count). The van der Waals surface area contributed by atoms with Crippen LogP contribution in [-0.2, 0) is 4.79 Å². The van der Waals surface area contributed by atoms with Crippen LogP contribution in [0.4, 0.5) is 0 Å². The fourth-order valence-corrected chi connectivity index (χ4v) is 0.950. The van der Waals surface area contributed by atoms with Crippen LogP contribution in [0.15, 0.2) is 12.2 Å². The van der Waals surface area contributed by atoms with Gasteiger partial charge in [0.1, 0.15) is 5.78 Å². The Kier molecular flexibility index (Phi) is 5.64. The molecule has 1 atom stereocenters. The number of ketones is 1. The molecular formula is C10H19NO. The molecule has 0 bridgehead atoms. The summed E-state index contributed by atoms with van der Waals surface area (Å²) in [7, 11) is 0. The molecule has 2 nitrogen and oxygen atoms in total. The Morgan fingerprint density at radius 3 is 2.58 bits per heavy atom. The Morgan fingerprint density at radius 2 is 2.17 bits per heavy atom. The van der Waals surface area contributed by atoms with Gasteiger partial charge in [-0.15, -0.1) is 0 Å². The topological polar surface area (TPSA) is 43.1 Å². The lowest BCUT2D eigenvalue weighted by Crippen LogP contribution is -2.12. The van der Waals surface area contributed by atoms with Gasteiger partial charge in [-0.3, -0.25) is 4.79 Å². The van der Waals surface area contributed by atoms with Crippen molar-refractivity contribution in [2.24, 2.45) is 11.7 Å². The summed E-state index contributed by atoms with van der Waals surface area (Å²) in [6.45, 7) is 8.31. The SMILES string of the molecule is C=C(C)CC(=O)CCC(C)CN. The van der Waals surface area contributed by atoms with E-state index in [1.165, 1.54) is 0 Å². The van der Waals surface area contributed by atoms with Crippen molar-refractivity contribution in [1.29, 1.82) is 0 Å². The smallest absolute Gasteiger partial charge is 0.136 e. The minimum atomic E-state index is 0.280. The van der Waals surface area contributed by atoms with E-state index in [0.717, 1.165) is 12.0 Å². The predicted octanol–water partition coefficient (Wildman–Crippen LogP) is 1.90. The van der Waals surface area contributed by atoms with Crippen LogP contribution in [-0.4, -0.2) is 12.3 Å². The second-order valence-electron chi connectivity index (χ2n) is 3.55. The highest BCUT2D eigenvalue weighted by Gasteiger charge is 2.05. The third kappa shape index (κ3) is 6.10. The van der Waals surface area contributed by atoms with Gasteiger partial charge in [0.2, 0.25) is 0 Å². The highest BCUT2D eigenvalue weighted by atomic mass is 16.1. The summed E-state index contributed by atoms with van der Waals surface area (Å²) in [5, 5.41) is 0. The molecule has 0 fully saturated rings.